The van der Waals surface area contributed by atoms with E-state index in [1.165, 1.54) is 38.5 Å². The molecule has 2 bridgehead atoms. The van der Waals surface area contributed by atoms with Crippen molar-refractivity contribution in [1.29, 1.82) is 0 Å². The summed E-state index contributed by atoms with van der Waals surface area (Å²) in [5, 5.41) is 0. The molecule has 3 fully saturated rings. The highest BCUT2D eigenvalue weighted by molar-refractivity contribution is 5.79. The minimum atomic E-state index is 0.380. The van der Waals surface area contributed by atoms with E-state index >= 15 is 0 Å². The first-order valence-electron chi connectivity index (χ1n) is 6.93. The molecule has 0 aromatic rings. The van der Waals surface area contributed by atoms with E-state index < -0.39 is 0 Å². The minimum absolute atomic E-state index is 0.380. The summed E-state index contributed by atoms with van der Waals surface area (Å²) < 4.78 is 0. The first kappa shape index (κ1) is 10.6. The molecule has 0 N–H and O–H groups in total. The van der Waals surface area contributed by atoms with Crippen molar-refractivity contribution in [1.82, 2.24) is 4.90 Å². The zero-order valence-electron chi connectivity index (χ0n) is 10.5. The Morgan fingerprint density at radius 2 is 1.94 bits per heavy atom. The standard InChI is InChI=1S/C14H23NO/c1-9(11-5-6-11)15(2)14(16)13-8-10-3-4-12(13)7-10/h9-13H,3-8H2,1-2H3. The molecule has 16 heavy (non-hydrogen) atoms. The fourth-order valence-corrected chi connectivity index (χ4v) is 3.90. The van der Waals surface area contributed by atoms with Crippen LogP contribution in [-0.2, 0) is 4.79 Å². The minimum Gasteiger partial charge on any atom is -0.343 e. The Balaban J connectivity index is 1.63. The zero-order chi connectivity index (χ0) is 11.3. The molecule has 0 aliphatic heterocycles. The van der Waals surface area contributed by atoms with Gasteiger partial charge in [0.25, 0.3) is 0 Å². The Labute approximate surface area is 98.4 Å². The molecule has 3 rings (SSSR count). The summed E-state index contributed by atoms with van der Waals surface area (Å²) in [6.45, 7) is 2.22. The highest BCUT2D eigenvalue weighted by atomic mass is 16.2. The van der Waals surface area contributed by atoms with Crippen LogP contribution in [0.5, 0.6) is 0 Å². The quantitative estimate of drug-likeness (QED) is 0.717. The van der Waals surface area contributed by atoms with Crippen molar-refractivity contribution in [2.24, 2.45) is 23.7 Å². The normalized spacial score (nSPS) is 38.8. The predicted molar refractivity (Wildman–Crippen MR) is 63.9 cm³/mol. The van der Waals surface area contributed by atoms with E-state index in [0.29, 0.717) is 17.9 Å². The van der Waals surface area contributed by atoms with Gasteiger partial charge in [-0.1, -0.05) is 6.42 Å². The Kier molecular flexibility index (Phi) is 2.49. The average Bonchev–Trinajstić information content (AvgIpc) is 2.94. The molecule has 0 aromatic carbocycles. The topological polar surface area (TPSA) is 20.3 Å². The SMILES string of the molecule is CC(C1CC1)N(C)C(=O)C1CC2CCC1C2. The highest BCUT2D eigenvalue weighted by Crippen LogP contribution is 2.49. The molecule has 2 nitrogen and oxygen atoms in total. The Morgan fingerprint density at radius 3 is 2.44 bits per heavy atom. The van der Waals surface area contributed by atoms with Gasteiger partial charge in [0.1, 0.15) is 0 Å². The van der Waals surface area contributed by atoms with Gasteiger partial charge in [0, 0.05) is 19.0 Å². The summed E-state index contributed by atoms with van der Waals surface area (Å²) in [4.78, 5) is 14.5. The molecule has 1 amide bonds. The number of rotatable bonds is 3. The lowest BCUT2D eigenvalue weighted by molar-refractivity contribution is -0.138. The fraction of sp³-hybridized carbons (Fsp3) is 0.929. The number of amides is 1. The lowest BCUT2D eigenvalue weighted by Crippen LogP contribution is -2.41. The van der Waals surface area contributed by atoms with Crippen LogP contribution in [0, 0.1) is 23.7 Å². The van der Waals surface area contributed by atoms with Crippen LogP contribution in [0.3, 0.4) is 0 Å². The maximum atomic E-state index is 12.4. The number of fused-ring (bicyclic) bond motifs is 2. The monoisotopic (exact) mass is 221 g/mol. The molecule has 4 unspecified atom stereocenters. The summed E-state index contributed by atoms with van der Waals surface area (Å²) in [5.41, 5.74) is 0. The summed E-state index contributed by atoms with van der Waals surface area (Å²) in [7, 11) is 2.03. The molecule has 3 aliphatic rings. The van der Waals surface area contributed by atoms with Crippen LogP contribution in [0.2, 0.25) is 0 Å². The van der Waals surface area contributed by atoms with Crippen LogP contribution in [0.1, 0.15) is 45.4 Å². The van der Waals surface area contributed by atoms with E-state index in [1.54, 1.807) is 0 Å². The number of carbonyl (C=O) groups excluding carboxylic acids is 1. The summed E-state index contributed by atoms with van der Waals surface area (Å²) >= 11 is 0. The van der Waals surface area contributed by atoms with Crippen molar-refractivity contribution in [3.8, 4) is 0 Å². The van der Waals surface area contributed by atoms with Gasteiger partial charge in [-0.2, -0.15) is 0 Å². The average molecular weight is 221 g/mol. The first-order chi connectivity index (χ1) is 7.66. The summed E-state index contributed by atoms with van der Waals surface area (Å²) in [6.07, 6.45) is 7.88. The van der Waals surface area contributed by atoms with Crippen molar-refractivity contribution in [2.75, 3.05) is 7.05 Å². The summed E-state index contributed by atoms with van der Waals surface area (Å²) in [6, 6.07) is 0.478. The van der Waals surface area contributed by atoms with Crippen molar-refractivity contribution in [2.45, 2.75) is 51.5 Å². The molecule has 3 saturated carbocycles. The van der Waals surface area contributed by atoms with E-state index in [4.69, 9.17) is 0 Å². The Morgan fingerprint density at radius 1 is 1.19 bits per heavy atom. The zero-order valence-corrected chi connectivity index (χ0v) is 10.5. The maximum Gasteiger partial charge on any atom is 0.225 e. The number of hydrogen-bond acceptors (Lipinski definition) is 1. The molecule has 3 aliphatic carbocycles. The van der Waals surface area contributed by atoms with E-state index in [9.17, 15) is 4.79 Å². The molecule has 0 heterocycles. The van der Waals surface area contributed by atoms with E-state index in [2.05, 4.69) is 11.8 Å². The second-order valence-corrected chi connectivity index (χ2v) is 6.31. The molecule has 90 valence electrons. The predicted octanol–water partition coefficient (Wildman–Crippen LogP) is 2.68. The van der Waals surface area contributed by atoms with Crippen LogP contribution in [-0.4, -0.2) is 23.9 Å². The van der Waals surface area contributed by atoms with Crippen LogP contribution in [0.25, 0.3) is 0 Å². The van der Waals surface area contributed by atoms with Crippen LogP contribution in [0.15, 0.2) is 0 Å². The number of hydrogen-bond donors (Lipinski definition) is 0. The van der Waals surface area contributed by atoms with Crippen molar-refractivity contribution < 1.29 is 4.79 Å². The molecule has 0 radical (unpaired) electrons. The van der Waals surface area contributed by atoms with E-state index in [0.717, 1.165) is 17.8 Å². The molecular weight excluding hydrogens is 198 g/mol. The van der Waals surface area contributed by atoms with E-state index in [1.807, 2.05) is 7.05 Å². The Hall–Kier alpha value is -0.530. The molecule has 0 saturated heterocycles. The summed E-state index contributed by atoms with van der Waals surface area (Å²) in [5.74, 6) is 3.24. The van der Waals surface area contributed by atoms with Gasteiger partial charge in [-0.25, -0.2) is 0 Å². The smallest absolute Gasteiger partial charge is 0.225 e. The van der Waals surface area contributed by atoms with Gasteiger partial charge in [-0.3, -0.25) is 4.79 Å². The van der Waals surface area contributed by atoms with Gasteiger partial charge < -0.3 is 4.90 Å². The molecule has 0 aromatic heterocycles. The lowest BCUT2D eigenvalue weighted by Gasteiger charge is -2.31. The Bertz CT molecular complexity index is 297. The third kappa shape index (κ3) is 1.66. The van der Waals surface area contributed by atoms with Gasteiger partial charge in [-0.05, 0) is 56.8 Å². The first-order valence-corrected chi connectivity index (χ1v) is 6.93. The van der Waals surface area contributed by atoms with Gasteiger partial charge in [0.05, 0.1) is 0 Å². The second-order valence-electron chi connectivity index (χ2n) is 6.31. The fourth-order valence-electron chi connectivity index (χ4n) is 3.90. The molecule has 0 spiro atoms. The van der Waals surface area contributed by atoms with Crippen molar-refractivity contribution in [3.05, 3.63) is 0 Å². The van der Waals surface area contributed by atoms with Gasteiger partial charge in [0.2, 0.25) is 5.91 Å². The van der Waals surface area contributed by atoms with Gasteiger partial charge >= 0.3 is 0 Å². The third-order valence-electron chi connectivity index (χ3n) is 5.32. The van der Waals surface area contributed by atoms with Crippen LogP contribution >= 0.6 is 0 Å². The highest BCUT2D eigenvalue weighted by Gasteiger charge is 2.45. The van der Waals surface area contributed by atoms with Crippen molar-refractivity contribution >= 4 is 5.91 Å². The number of carbonyl (C=O) groups is 1. The third-order valence-corrected chi connectivity index (χ3v) is 5.32. The van der Waals surface area contributed by atoms with Gasteiger partial charge in [-0.15, -0.1) is 0 Å². The van der Waals surface area contributed by atoms with Crippen LogP contribution < -0.4 is 0 Å². The van der Waals surface area contributed by atoms with Gasteiger partial charge in [0.15, 0.2) is 0 Å². The number of nitrogens with zero attached hydrogens (tertiary/aromatic N) is 1. The van der Waals surface area contributed by atoms with E-state index in [-0.39, 0.29) is 0 Å². The molecule has 4 atom stereocenters. The molecule has 2 heteroatoms. The lowest BCUT2D eigenvalue weighted by atomic mass is 9.87. The van der Waals surface area contributed by atoms with Crippen molar-refractivity contribution in [3.63, 3.8) is 0 Å². The maximum absolute atomic E-state index is 12.4. The second kappa shape index (κ2) is 3.75. The molecular formula is C14H23NO. The van der Waals surface area contributed by atoms with Crippen LogP contribution in [0.4, 0.5) is 0 Å². The largest absolute Gasteiger partial charge is 0.343 e.